The number of hydrogen-bond donors (Lipinski definition) is 4. The van der Waals surface area contributed by atoms with E-state index in [4.69, 9.17) is 14.2 Å². The molecule has 1 amide bonds. The molecule has 4 unspecified atom stereocenters. The second-order valence-electron chi connectivity index (χ2n) is 9.42. The number of benzene rings is 1. The molecular weight excluding hydrogens is 506 g/mol. The van der Waals surface area contributed by atoms with Crippen molar-refractivity contribution in [3.05, 3.63) is 35.9 Å². The largest absolute Gasteiger partial charge is 0.457 e. The second-order valence-corrected chi connectivity index (χ2v) is 9.42. The first-order valence-corrected chi connectivity index (χ1v) is 11.5. The summed E-state index contributed by atoms with van der Waals surface area (Å²) in [4.78, 5) is 77.1. The summed E-state index contributed by atoms with van der Waals surface area (Å²) in [6.45, 7) is 6.85. The summed E-state index contributed by atoms with van der Waals surface area (Å²) in [6, 6.07) is 6.11. The molecule has 4 N–H and O–H groups in total. The van der Waals surface area contributed by atoms with Crippen LogP contribution in [0.5, 0.6) is 0 Å². The highest BCUT2D eigenvalue weighted by molar-refractivity contribution is 6.32. The smallest absolute Gasteiger partial charge is 0.408 e. The van der Waals surface area contributed by atoms with Crippen LogP contribution in [0.25, 0.3) is 0 Å². The lowest BCUT2D eigenvalue weighted by atomic mass is 9.84. The van der Waals surface area contributed by atoms with Crippen LogP contribution in [0.1, 0.15) is 47.1 Å². The molecule has 0 aliphatic carbocycles. The summed E-state index contributed by atoms with van der Waals surface area (Å²) in [7, 11) is 0. The van der Waals surface area contributed by atoms with E-state index in [1.165, 1.54) is 32.9 Å². The highest BCUT2D eigenvalue weighted by Gasteiger charge is 2.62. The number of Topliss-reactive ketones (excluding diaryl/α,β-unsaturated/α-hetero) is 3. The lowest BCUT2D eigenvalue weighted by Crippen LogP contribution is -2.66. The molecular formula is C25H33NO12. The maximum atomic E-state index is 13.6. The number of alkyl carbamates (subject to hydrolysis) is 1. The van der Waals surface area contributed by atoms with E-state index in [9.17, 15) is 44.1 Å². The summed E-state index contributed by atoms with van der Waals surface area (Å²) in [5.41, 5.74) is -4.29. The zero-order valence-corrected chi connectivity index (χ0v) is 21.9. The van der Waals surface area contributed by atoms with Crippen molar-refractivity contribution in [1.29, 1.82) is 0 Å². The Balaban J connectivity index is 3.63. The van der Waals surface area contributed by atoms with E-state index >= 15 is 0 Å². The maximum Gasteiger partial charge on any atom is 0.408 e. The Morgan fingerprint density at radius 3 is 1.87 bits per heavy atom. The third-order valence-electron chi connectivity index (χ3n) is 4.85. The van der Waals surface area contributed by atoms with Crippen LogP contribution in [0, 0.1) is 0 Å². The van der Waals surface area contributed by atoms with Crippen LogP contribution in [0.15, 0.2) is 30.3 Å². The summed E-state index contributed by atoms with van der Waals surface area (Å²) in [5, 5.41) is 31.7. The van der Waals surface area contributed by atoms with E-state index in [0.29, 0.717) is 5.56 Å². The third kappa shape index (κ3) is 8.43. The number of amides is 1. The maximum absolute atomic E-state index is 13.6. The normalized spacial score (nSPS) is 16.0. The Hall–Kier alpha value is -3.68. The van der Waals surface area contributed by atoms with Crippen molar-refractivity contribution in [3.63, 3.8) is 0 Å². The van der Waals surface area contributed by atoms with Crippen molar-refractivity contribution < 1.29 is 58.3 Å². The number of ether oxygens (including phenoxy) is 3. The van der Waals surface area contributed by atoms with E-state index in [2.05, 4.69) is 5.32 Å². The molecule has 210 valence electrons. The van der Waals surface area contributed by atoms with E-state index in [0.717, 1.165) is 20.8 Å². The van der Waals surface area contributed by atoms with E-state index in [-0.39, 0.29) is 0 Å². The third-order valence-corrected chi connectivity index (χ3v) is 4.85. The minimum Gasteiger partial charge on any atom is -0.457 e. The number of carbonyl (C=O) groups excluding carboxylic acids is 6. The molecule has 1 aromatic carbocycles. The first-order chi connectivity index (χ1) is 17.4. The van der Waals surface area contributed by atoms with Gasteiger partial charge in [0.1, 0.15) is 24.4 Å². The van der Waals surface area contributed by atoms with Crippen molar-refractivity contribution >= 4 is 35.4 Å². The standard InChI is InChI=1S/C25H33NO12/c1-13(26-23(35)38-24(4,5)6)19(31)25(37-21(33)15(3)28,20(32)18(30)17(29)14(2)27)22(34)36-12-16-10-8-7-9-11-16/h7-11,13-15,18,27-28,30H,12H2,1-6H3,(H,26,35)/t13-,14?,15?,18?,25?/m0/s1. The lowest BCUT2D eigenvalue weighted by Gasteiger charge is -2.32. The molecule has 13 nitrogen and oxygen atoms in total. The average Bonchev–Trinajstić information content (AvgIpc) is 2.82. The van der Waals surface area contributed by atoms with E-state index < -0.39 is 77.5 Å². The van der Waals surface area contributed by atoms with Gasteiger partial charge in [-0.15, -0.1) is 0 Å². The van der Waals surface area contributed by atoms with Gasteiger partial charge in [-0.05, 0) is 47.1 Å². The molecule has 1 aromatic rings. The predicted octanol–water partition coefficient (Wildman–Crippen LogP) is -0.245. The highest BCUT2D eigenvalue weighted by atomic mass is 16.6. The minimum atomic E-state index is -3.67. The van der Waals surface area contributed by atoms with Gasteiger partial charge in [0.25, 0.3) is 0 Å². The van der Waals surface area contributed by atoms with Gasteiger partial charge in [-0.1, -0.05) is 30.3 Å². The quantitative estimate of drug-likeness (QED) is 0.154. The highest BCUT2D eigenvalue weighted by Crippen LogP contribution is 2.24. The monoisotopic (exact) mass is 539 g/mol. The summed E-state index contributed by atoms with van der Waals surface area (Å²) < 4.78 is 15.0. The van der Waals surface area contributed by atoms with Gasteiger partial charge in [0, 0.05) is 0 Å². The number of rotatable bonds is 12. The number of hydrogen-bond acceptors (Lipinski definition) is 12. The first-order valence-electron chi connectivity index (χ1n) is 11.5. The molecule has 0 bridgehead atoms. The molecule has 0 radical (unpaired) electrons. The number of carbonyl (C=O) groups is 6. The number of aliphatic hydroxyl groups is 3. The Bertz CT molecular complexity index is 1040. The predicted molar refractivity (Wildman–Crippen MR) is 128 cm³/mol. The number of ketones is 3. The Morgan fingerprint density at radius 2 is 1.39 bits per heavy atom. The molecule has 0 aromatic heterocycles. The topological polar surface area (TPSA) is 203 Å². The van der Waals surface area contributed by atoms with E-state index in [1.54, 1.807) is 18.2 Å². The zero-order chi connectivity index (χ0) is 29.4. The molecule has 0 saturated carbocycles. The van der Waals surface area contributed by atoms with Gasteiger partial charge in [0.2, 0.25) is 11.6 Å². The van der Waals surface area contributed by atoms with Crippen molar-refractivity contribution in [2.45, 2.75) is 83.7 Å². The van der Waals surface area contributed by atoms with Crippen LogP contribution < -0.4 is 5.32 Å². The SMILES string of the molecule is CC(O)C(=O)OC(C(=O)OCc1ccccc1)(C(=O)C(O)C(=O)C(C)O)C(=O)[C@H](C)NC(=O)OC(C)(C)C. The molecule has 0 aliphatic rings. The summed E-state index contributed by atoms with van der Waals surface area (Å²) in [6.07, 6.45) is -7.89. The Labute approximate surface area is 219 Å². The van der Waals surface area contributed by atoms with E-state index in [1.807, 2.05) is 0 Å². The van der Waals surface area contributed by atoms with Crippen molar-refractivity contribution in [3.8, 4) is 0 Å². The fourth-order valence-corrected chi connectivity index (χ4v) is 2.93. The fourth-order valence-electron chi connectivity index (χ4n) is 2.93. The Kier molecular flexibility index (Phi) is 11.3. The van der Waals surface area contributed by atoms with Gasteiger partial charge in [-0.2, -0.15) is 0 Å². The molecule has 0 aliphatic heterocycles. The number of nitrogens with one attached hydrogen (secondary N) is 1. The first kappa shape index (κ1) is 32.3. The molecule has 5 atom stereocenters. The van der Waals surface area contributed by atoms with Crippen LogP contribution in [-0.4, -0.2) is 86.3 Å². The average molecular weight is 540 g/mol. The van der Waals surface area contributed by atoms with Crippen LogP contribution in [0.3, 0.4) is 0 Å². The van der Waals surface area contributed by atoms with Crippen LogP contribution in [0.2, 0.25) is 0 Å². The van der Waals surface area contributed by atoms with Crippen molar-refractivity contribution in [1.82, 2.24) is 5.32 Å². The molecule has 0 heterocycles. The van der Waals surface area contributed by atoms with Gasteiger partial charge < -0.3 is 34.8 Å². The van der Waals surface area contributed by atoms with Crippen molar-refractivity contribution in [2.24, 2.45) is 0 Å². The molecule has 13 heteroatoms. The number of aliphatic hydroxyl groups excluding tert-OH is 3. The zero-order valence-electron chi connectivity index (χ0n) is 21.9. The van der Waals surface area contributed by atoms with Crippen molar-refractivity contribution in [2.75, 3.05) is 0 Å². The van der Waals surface area contributed by atoms with Gasteiger partial charge in [0.05, 0.1) is 6.04 Å². The molecule has 0 fully saturated rings. The van der Waals surface area contributed by atoms with Crippen LogP contribution in [0.4, 0.5) is 4.79 Å². The molecule has 0 saturated heterocycles. The van der Waals surface area contributed by atoms with Crippen LogP contribution in [-0.2, 0) is 44.8 Å². The molecule has 1 rings (SSSR count). The second kappa shape index (κ2) is 13.2. The molecule has 0 spiro atoms. The Morgan fingerprint density at radius 1 is 0.842 bits per heavy atom. The van der Waals surface area contributed by atoms with Gasteiger partial charge in [-0.25, -0.2) is 14.4 Å². The fraction of sp³-hybridized carbons (Fsp3) is 0.520. The number of esters is 2. The lowest BCUT2D eigenvalue weighted by molar-refractivity contribution is -0.195. The molecule has 38 heavy (non-hydrogen) atoms. The summed E-state index contributed by atoms with van der Waals surface area (Å²) in [5.74, 6) is -8.61. The van der Waals surface area contributed by atoms with Gasteiger partial charge in [-0.3, -0.25) is 14.4 Å². The van der Waals surface area contributed by atoms with Gasteiger partial charge in [0.15, 0.2) is 11.9 Å². The minimum absolute atomic E-state index is 0.386. The van der Waals surface area contributed by atoms with Gasteiger partial charge >= 0.3 is 23.6 Å². The van der Waals surface area contributed by atoms with Crippen LogP contribution >= 0.6 is 0 Å². The summed E-state index contributed by atoms with van der Waals surface area (Å²) >= 11 is 0.